The zero-order chi connectivity index (χ0) is 18.0. The molecular weight excluding hydrogens is 316 g/mol. The normalized spacial score (nSPS) is 10.7. The number of anilines is 1. The number of benzene rings is 2. The van der Waals surface area contributed by atoms with E-state index in [4.69, 9.17) is 0 Å². The van der Waals surface area contributed by atoms with Crippen LogP contribution >= 0.6 is 0 Å². The van der Waals surface area contributed by atoms with E-state index in [9.17, 15) is 10.1 Å². The second kappa shape index (κ2) is 6.76. The molecule has 0 saturated carbocycles. The third-order valence-corrected chi connectivity index (χ3v) is 4.30. The molecular formula is C19H20N4O2. The summed E-state index contributed by atoms with van der Waals surface area (Å²) in [6, 6.07) is 15.1. The van der Waals surface area contributed by atoms with E-state index in [-0.39, 0.29) is 10.6 Å². The Labute approximate surface area is 146 Å². The van der Waals surface area contributed by atoms with Crippen LogP contribution in [0.4, 0.5) is 11.4 Å². The number of aryl methyl sites for hydroxylation is 2. The highest BCUT2D eigenvalue weighted by Crippen LogP contribution is 2.23. The van der Waals surface area contributed by atoms with Crippen molar-refractivity contribution in [2.24, 2.45) is 0 Å². The van der Waals surface area contributed by atoms with Crippen molar-refractivity contribution in [2.45, 2.75) is 27.3 Å². The zero-order valence-electron chi connectivity index (χ0n) is 14.5. The fourth-order valence-corrected chi connectivity index (χ4v) is 2.91. The molecule has 2 aromatic carbocycles. The number of aromatic nitrogens is 2. The van der Waals surface area contributed by atoms with Crippen molar-refractivity contribution >= 4 is 11.4 Å². The van der Waals surface area contributed by atoms with Crippen LogP contribution in [0.15, 0.2) is 48.5 Å². The summed E-state index contributed by atoms with van der Waals surface area (Å²) >= 11 is 0. The number of hydrogen-bond acceptors (Lipinski definition) is 4. The minimum absolute atomic E-state index is 0.134. The van der Waals surface area contributed by atoms with E-state index >= 15 is 0 Å². The summed E-state index contributed by atoms with van der Waals surface area (Å²) < 4.78 is 1.94. The van der Waals surface area contributed by atoms with E-state index in [1.807, 2.05) is 48.9 Å². The van der Waals surface area contributed by atoms with Gasteiger partial charge < -0.3 is 5.32 Å². The van der Waals surface area contributed by atoms with E-state index in [1.54, 1.807) is 19.1 Å². The van der Waals surface area contributed by atoms with Crippen molar-refractivity contribution in [1.29, 1.82) is 0 Å². The summed E-state index contributed by atoms with van der Waals surface area (Å²) in [6.45, 7) is 6.39. The van der Waals surface area contributed by atoms with Crippen molar-refractivity contribution in [2.75, 3.05) is 5.32 Å². The Kier molecular flexibility index (Phi) is 4.52. The summed E-state index contributed by atoms with van der Waals surface area (Å²) in [5, 5.41) is 18.9. The first kappa shape index (κ1) is 16.7. The number of nitrogens with one attached hydrogen (secondary N) is 1. The molecule has 0 radical (unpaired) electrons. The van der Waals surface area contributed by atoms with Crippen LogP contribution in [0.5, 0.6) is 0 Å². The van der Waals surface area contributed by atoms with Crippen LogP contribution in [-0.2, 0) is 6.54 Å². The quantitative estimate of drug-likeness (QED) is 0.556. The molecule has 6 nitrogen and oxygen atoms in total. The first-order valence-corrected chi connectivity index (χ1v) is 8.07. The van der Waals surface area contributed by atoms with Crippen LogP contribution in [0, 0.1) is 30.9 Å². The molecule has 3 aromatic rings. The number of nitro groups is 1. The number of nitrogens with zero attached hydrogens (tertiary/aromatic N) is 3. The second-order valence-corrected chi connectivity index (χ2v) is 6.01. The predicted octanol–water partition coefficient (Wildman–Crippen LogP) is 4.32. The number of rotatable bonds is 5. The third-order valence-electron chi connectivity index (χ3n) is 4.30. The molecule has 0 spiro atoms. The Morgan fingerprint density at radius 3 is 2.48 bits per heavy atom. The summed E-state index contributed by atoms with van der Waals surface area (Å²) in [7, 11) is 0. The van der Waals surface area contributed by atoms with Gasteiger partial charge in [-0.25, -0.2) is 4.68 Å². The van der Waals surface area contributed by atoms with Gasteiger partial charge in [-0.1, -0.05) is 18.2 Å². The molecule has 0 unspecified atom stereocenters. The van der Waals surface area contributed by atoms with Gasteiger partial charge in [-0.15, -0.1) is 0 Å². The Morgan fingerprint density at radius 1 is 1.12 bits per heavy atom. The highest BCUT2D eigenvalue weighted by atomic mass is 16.6. The number of para-hydroxylation sites is 1. The number of hydrogen-bond donors (Lipinski definition) is 1. The van der Waals surface area contributed by atoms with E-state index in [1.165, 1.54) is 6.07 Å². The van der Waals surface area contributed by atoms with E-state index in [2.05, 4.69) is 10.4 Å². The smallest absolute Gasteiger partial charge is 0.272 e. The molecule has 128 valence electrons. The van der Waals surface area contributed by atoms with Gasteiger partial charge in [0.1, 0.15) is 0 Å². The molecule has 0 saturated heterocycles. The van der Waals surface area contributed by atoms with Gasteiger partial charge in [-0.05, 0) is 45.0 Å². The Balaban J connectivity index is 1.81. The van der Waals surface area contributed by atoms with E-state index in [0.717, 1.165) is 28.3 Å². The minimum atomic E-state index is -0.364. The summed E-state index contributed by atoms with van der Waals surface area (Å²) in [5.74, 6) is 0. The number of nitro benzene ring substituents is 1. The van der Waals surface area contributed by atoms with Crippen molar-refractivity contribution in [3.63, 3.8) is 0 Å². The fourth-order valence-electron chi connectivity index (χ4n) is 2.91. The van der Waals surface area contributed by atoms with Gasteiger partial charge in [0.15, 0.2) is 0 Å². The Hall–Kier alpha value is -3.15. The Morgan fingerprint density at radius 2 is 1.84 bits per heavy atom. The highest BCUT2D eigenvalue weighted by Gasteiger charge is 2.14. The maximum Gasteiger partial charge on any atom is 0.272 e. The van der Waals surface area contributed by atoms with Gasteiger partial charge in [0.25, 0.3) is 5.69 Å². The Bertz CT molecular complexity index is 917. The lowest BCUT2D eigenvalue weighted by atomic mass is 10.1. The molecule has 6 heteroatoms. The van der Waals surface area contributed by atoms with Crippen LogP contribution in [-0.4, -0.2) is 14.7 Å². The second-order valence-electron chi connectivity index (χ2n) is 6.01. The molecule has 0 aliphatic heterocycles. The lowest BCUT2D eigenvalue weighted by Crippen LogP contribution is -2.03. The maximum atomic E-state index is 10.9. The minimum Gasteiger partial charge on any atom is -0.381 e. The molecule has 3 rings (SSSR count). The predicted molar refractivity (Wildman–Crippen MR) is 98.2 cm³/mol. The van der Waals surface area contributed by atoms with Crippen LogP contribution in [0.25, 0.3) is 5.69 Å². The van der Waals surface area contributed by atoms with Crippen molar-refractivity contribution in [3.8, 4) is 5.69 Å². The van der Waals surface area contributed by atoms with Gasteiger partial charge in [-0.3, -0.25) is 10.1 Å². The monoisotopic (exact) mass is 336 g/mol. The standard InChI is InChI=1S/C19H20N4O2/c1-13-11-16(9-10-19(13)23(24)25)20-12-18-14(2)21-22(15(18)3)17-7-5-4-6-8-17/h4-11,20H,12H2,1-3H3. The van der Waals surface area contributed by atoms with Gasteiger partial charge >= 0.3 is 0 Å². The molecule has 1 N–H and O–H groups in total. The molecule has 1 aromatic heterocycles. The molecule has 0 aliphatic carbocycles. The lowest BCUT2D eigenvalue weighted by Gasteiger charge is -2.09. The average Bonchev–Trinajstić information content (AvgIpc) is 2.88. The highest BCUT2D eigenvalue weighted by molar-refractivity contribution is 5.54. The third kappa shape index (κ3) is 3.38. The molecule has 0 amide bonds. The SMILES string of the molecule is Cc1cc(NCc2c(C)nn(-c3ccccc3)c2C)ccc1[N+](=O)[O-]. The van der Waals surface area contributed by atoms with E-state index in [0.29, 0.717) is 12.1 Å². The van der Waals surface area contributed by atoms with E-state index < -0.39 is 0 Å². The van der Waals surface area contributed by atoms with Crippen LogP contribution in [0.1, 0.15) is 22.5 Å². The zero-order valence-corrected chi connectivity index (χ0v) is 14.5. The first-order chi connectivity index (χ1) is 12.0. The molecule has 0 bridgehead atoms. The molecule has 0 aliphatic rings. The molecule has 0 fully saturated rings. The van der Waals surface area contributed by atoms with Gasteiger partial charge in [0.05, 0.1) is 16.3 Å². The van der Waals surface area contributed by atoms with Crippen LogP contribution in [0.3, 0.4) is 0 Å². The van der Waals surface area contributed by atoms with Crippen molar-refractivity contribution < 1.29 is 4.92 Å². The molecule has 0 atom stereocenters. The van der Waals surface area contributed by atoms with Gasteiger partial charge in [0.2, 0.25) is 0 Å². The summed E-state index contributed by atoms with van der Waals surface area (Å²) in [6.07, 6.45) is 0. The largest absolute Gasteiger partial charge is 0.381 e. The van der Waals surface area contributed by atoms with Gasteiger partial charge in [-0.2, -0.15) is 5.10 Å². The molecule has 25 heavy (non-hydrogen) atoms. The summed E-state index contributed by atoms with van der Waals surface area (Å²) in [4.78, 5) is 10.5. The van der Waals surface area contributed by atoms with Crippen LogP contribution in [0.2, 0.25) is 0 Å². The molecule has 1 heterocycles. The van der Waals surface area contributed by atoms with Crippen molar-refractivity contribution in [1.82, 2.24) is 9.78 Å². The van der Waals surface area contributed by atoms with Crippen LogP contribution < -0.4 is 5.32 Å². The maximum absolute atomic E-state index is 10.9. The van der Waals surface area contributed by atoms with Crippen molar-refractivity contribution in [3.05, 3.63) is 81.2 Å². The summed E-state index contributed by atoms with van der Waals surface area (Å²) in [5.41, 5.74) is 5.83. The van der Waals surface area contributed by atoms with Gasteiger partial charge in [0, 0.05) is 35.1 Å². The topological polar surface area (TPSA) is 73.0 Å². The average molecular weight is 336 g/mol. The fraction of sp³-hybridized carbons (Fsp3) is 0.211. The lowest BCUT2D eigenvalue weighted by molar-refractivity contribution is -0.385. The first-order valence-electron chi connectivity index (χ1n) is 8.07.